The lowest BCUT2D eigenvalue weighted by Gasteiger charge is -2.23. The Morgan fingerprint density at radius 1 is 0.931 bits per heavy atom. The molecule has 1 N–H and O–H groups in total. The van der Waals surface area contributed by atoms with Crippen LogP contribution >= 0.6 is 0 Å². The summed E-state index contributed by atoms with van der Waals surface area (Å²) in [4.78, 5) is 6.84. The van der Waals surface area contributed by atoms with Crippen molar-refractivity contribution in [2.45, 2.75) is 20.0 Å². The largest absolute Gasteiger partial charge is 0.497 e. The molecule has 158 valence electrons. The van der Waals surface area contributed by atoms with Crippen molar-refractivity contribution in [3.63, 3.8) is 0 Å². The lowest BCUT2D eigenvalue weighted by Crippen LogP contribution is -2.38. The lowest BCUT2D eigenvalue weighted by atomic mass is 10.1. The molecular weight excluding hydrogens is 370 g/mol. The first kappa shape index (κ1) is 22.2. The molecule has 0 fully saturated rings. The highest BCUT2D eigenvalue weighted by Gasteiger charge is 2.13. The van der Waals surface area contributed by atoms with Crippen molar-refractivity contribution < 1.29 is 18.9 Å². The minimum Gasteiger partial charge on any atom is -0.497 e. The van der Waals surface area contributed by atoms with Crippen molar-refractivity contribution in [2.75, 3.05) is 42.0 Å². The van der Waals surface area contributed by atoms with Gasteiger partial charge in [-0.15, -0.1) is 0 Å². The molecule has 0 aliphatic heterocycles. The Morgan fingerprint density at radius 3 is 2.31 bits per heavy atom. The molecule has 0 atom stereocenters. The van der Waals surface area contributed by atoms with Gasteiger partial charge < -0.3 is 29.2 Å². The maximum atomic E-state index is 5.52. The van der Waals surface area contributed by atoms with E-state index in [0.717, 1.165) is 35.1 Å². The predicted octanol–water partition coefficient (Wildman–Crippen LogP) is 3.32. The molecule has 0 unspecified atom stereocenters. The van der Waals surface area contributed by atoms with Gasteiger partial charge in [0.2, 0.25) is 0 Å². The summed E-state index contributed by atoms with van der Waals surface area (Å²) in [6.45, 7) is 3.91. The Kier molecular flexibility index (Phi) is 8.45. The number of nitrogens with zero attached hydrogens (tertiary/aromatic N) is 2. The van der Waals surface area contributed by atoms with Crippen LogP contribution in [-0.2, 0) is 13.1 Å². The van der Waals surface area contributed by atoms with Crippen LogP contribution in [-0.4, -0.2) is 52.9 Å². The second-order valence-electron chi connectivity index (χ2n) is 6.36. The Balaban J connectivity index is 2.23. The number of rotatable bonds is 9. The van der Waals surface area contributed by atoms with Gasteiger partial charge in [0.25, 0.3) is 0 Å². The minimum absolute atomic E-state index is 0.465. The Labute approximate surface area is 173 Å². The summed E-state index contributed by atoms with van der Waals surface area (Å²) in [6.07, 6.45) is 0. The quantitative estimate of drug-likeness (QED) is 0.514. The van der Waals surface area contributed by atoms with Gasteiger partial charge in [-0.05, 0) is 25.1 Å². The zero-order valence-electron chi connectivity index (χ0n) is 18.1. The van der Waals surface area contributed by atoms with E-state index in [4.69, 9.17) is 23.9 Å². The number of nitrogens with one attached hydrogen (secondary N) is 1. The number of aliphatic imine (C=N–C) groups is 1. The van der Waals surface area contributed by atoms with Crippen molar-refractivity contribution in [1.29, 1.82) is 0 Å². The Morgan fingerprint density at radius 2 is 1.69 bits per heavy atom. The summed E-state index contributed by atoms with van der Waals surface area (Å²) in [5.74, 6) is 3.73. The molecule has 0 bridgehead atoms. The van der Waals surface area contributed by atoms with Gasteiger partial charge in [-0.3, -0.25) is 0 Å². The number of para-hydroxylation sites is 1. The third kappa shape index (κ3) is 5.70. The number of hydrogen-bond donors (Lipinski definition) is 1. The first-order valence-corrected chi connectivity index (χ1v) is 9.48. The van der Waals surface area contributed by atoms with Crippen molar-refractivity contribution >= 4 is 5.96 Å². The molecule has 0 heterocycles. The molecule has 2 aromatic carbocycles. The average Bonchev–Trinajstić information content (AvgIpc) is 2.76. The zero-order chi connectivity index (χ0) is 21.2. The molecule has 0 saturated carbocycles. The lowest BCUT2D eigenvalue weighted by molar-refractivity contribution is 0.351. The molecule has 2 rings (SSSR count). The van der Waals surface area contributed by atoms with Crippen LogP contribution in [0.1, 0.15) is 18.1 Å². The van der Waals surface area contributed by atoms with Gasteiger partial charge >= 0.3 is 0 Å². The highest BCUT2D eigenvalue weighted by atomic mass is 16.5. The van der Waals surface area contributed by atoms with E-state index in [1.807, 2.05) is 50.4 Å². The summed E-state index contributed by atoms with van der Waals surface area (Å²) < 4.78 is 21.7. The summed E-state index contributed by atoms with van der Waals surface area (Å²) in [7, 11) is 8.56. The van der Waals surface area contributed by atoms with Crippen LogP contribution in [0.5, 0.6) is 23.0 Å². The van der Waals surface area contributed by atoms with Crippen LogP contribution in [0.4, 0.5) is 0 Å². The van der Waals surface area contributed by atoms with E-state index in [1.54, 1.807) is 28.4 Å². The molecule has 0 radical (unpaired) electrons. The molecule has 0 saturated heterocycles. The fourth-order valence-corrected chi connectivity index (χ4v) is 3.02. The normalized spacial score (nSPS) is 11.0. The van der Waals surface area contributed by atoms with Crippen molar-refractivity contribution in [2.24, 2.45) is 4.99 Å². The standard InChI is InChI=1S/C22H31N3O4/c1-7-23-22(24-14-16-9-8-10-19(27-4)21(16)29-6)25(2)15-17-11-12-18(26-3)13-20(17)28-5/h8-13H,7,14-15H2,1-6H3,(H,23,24). The van der Waals surface area contributed by atoms with Gasteiger partial charge in [0.05, 0.1) is 35.0 Å². The molecule has 0 aliphatic rings. The first-order chi connectivity index (χ1) is 14.1. The molecule has 0 amide bonds. The van der Waals surface area contributed by atoms with Crippen molar-refractivity contribution in [1.82, 2.24) is 10.2 Å². The molecule has 7 heteroatoms. The second-order valence-corrected chi connectivity index (χ2v) is 6.36. The number of ether oxygens (including phenoxy) is 4. The number of benzene rings is 2. The minimum atomic E-state index is 0.465. The van der Waals surface area contributed by atoms with Gasteiger partial charge in [0.1, 0.15) is 11.5 Å². The summed E-state index contributed by atoms with van der Waals surface area (Å²) in [5, 5.41) is 3.34. The van der Waals surface area contributed by atoms with Crippen LogP contribution in [0.3, 0.4) is 0 Å². The van der Waals surface area contributed by atoms with E-state index in [1.165, 1.54) is 0 Å². The van der Waals surface area contributed by atoms with E-state index in [-0.39, 0.29) is 0 Å². The van der Waals surface area contributed by atoms with Gasteiger partial charge in [-0.25, -0.2) is 4.99 Å². The summed E-state index contributed by atoms with van der Waals surface area (Å²) >= 11 is 0. The molecule has 29 heavy (non-hydrogen) atoms. The second kappa shape index (κ2) is 11.0. The van der Waals surface area contributed by atoms with E-state index in [2.05, 4.69) is 10.2 Å². The van der Waals surface area contributed by atoms with E-state index in [9.17, 15) is 0 Å². The Hall–Kier alpha value is -3.09. The van der Waals surface area contributed by atoms with Gasteiger partial charge in [-0.1, -0.05) is 12.1 Å². The van der Waals surface area contributed by atoms with Gasteiger partial charge in [0, 0.05) is 37.3 Å². The van der Waals surface area contributed by atoms with E-state index < -0.39 is 0 Å². The van der Waals surface area contributed by atoms with Crippen LogP contribution in [0.15, 0.2) is 41.4 Å². The predicted molar refractivity (Wildman–Crippen MR) is 115 cm³/mol. The van der Waals surface area contributed by atoms with Crippen LogP contribution in [0.2, 0.25) is 0 Å². The Bertz CT molecular complexity index is 824. The average molecular weight is 402 g/mol. The SMILES string of the molecule is CCNC(=NCc1cccc(OC)c1OC)N(C)Cc1ccc(OC)cc1OC. The summed E-state index contributed by atoms with van der Waals surface area (Å²) in [6, 6.07) is 11.6. The highest BCUT2D eigenvalue weighted by Crippen LogP contribution is 2.31. The highest BCUT2D eigenvalue weighted by molar-refractivity contribution is 5.79. The topological polar surface area (TPSA) is 64.6 Å². The van der Waals surface area contributed by atoms with Crippen molar-refractivity contribution in [3.05, 3.63) is 47.5 Å². The third-order valence-corrected chi connectivity index (χ3v) is 4.48. The van der Waals surface area contributed by atoms with Crippen LogP contribution < -0.4 is 24.3 Å². The third-order valence-electron chi connectivity index (χ3n) is 4.48. The number of methoxy groups -OCH3 is 4. The monoisotopic (exact) mass is 401 g/mol. The van der Waals surface area contributed by atoms with Crippen LogP contribution in [0, 0.1) is 0 Å². The number of guanidine groups is 1. The molecule has 0 spiro atoms. The number of hydrogen-bond acceptors (Lipinski definition) is 5. The fourth-order valence-electron chi connectivity index (χ4n) is 3.02. The van der Waals surface area contributed by atoms with E-state index >= 15 is 0 Å². The van der Waals surface area contributed by atoms with E-state index in [0.29, 0.717) is 24.6 Å². The molecule has 2 aromatic rings. The molecule has 0 aliphatic carbocycles. The summed E-state index contributed by atoms with van der Waals surface area (Å²) in [5.41, 5.74) is 2.00. The first-order valence-electron chi connectivity index (χ1n) is 9.48. The van der Waals surface area contributed by atoms with Gasteiger partial charge in [0.15, 0.2) is 17.5 Å². The molecular formula is C22H31N3O4. The molecule has 7 nitrogen and oxygen atoms in total. The fraction of sp³-hybridized carbons (Fsp3) is 0.409. The zero-order valence-corrected chi connectivity index (χ0v) is 18.1. The maximum Gasteiger partial charge on any atom is 0.194 e. The van der Waals surface area contributed by atoms with Crippen LogP contribution in [0.25, 0.3) is 0 Å². The van der Waals surface area contributed by atoms with Crippen molar-refractivity contribution in [3.8, 4) is 23.0 Å². The maximum absolute atomic E-state index is 5.52. The molecule has 0 aromatic heterocycles. The smallest absolute Gasteiger partial charge is 0.194 e. The van der Waals surface area contributed by atoms with Gasteiger partial charge in [-0.2, -0.15) is 0 Å².